The van der Waals surface area contributed by atoms with Crippen molar-refractivity contribution in [3.05, 3.63) is 47.1 Å². The van der Waals surface area contributed by atoms with E-state index in [1.807, 2.05) is 44.1 Å². The van der Waals surface area contributed by atoms with Crippen LogP contribution < -0.4 is 15.4 Å². The summed E-state index contributed by atoms with van der Waals surface area (Å²) in [6.45, 7) is 1.94. The van der Waals surface area contributed by atoms with E-state index in [1.54, 1.807) is 18.3 Å². The Hall–Kier alpha value is -1.94. The summed E-state index contributed by atoms with van der Waals surface area (Å²) in [6, 6.07) is 9.46. The molecule has 0 saturated heterocycles. The third-order valence-electron chi connectivity index (χ3n) is 3.03. The number of anilines is 2. The molecule has 1 atom stereocenters. The van der Waals surface area contributed by atoms with E-state index in [-0.39, 0.29) is 6.10 Å². The molecule has 1 unspecified atom stereocenters. The molecule has 2 aromatic rings. The average Bonchev–Trinajstić information content (AvgIpc) is 2.41. The van der Waals surface area contributed by atoms with Crippen LogP contribution in [0.4, 0.5) is 11.5 Å². The zero-order chi connectivity index (χ0) is 14.7. The Morgan fingerprint density at radius 1 is 1.25 bits per heavy atom. The van der Waals surface area contributed by atoms with Crippen molar-refractivity contribution in [1.82, 2.24) is 4.98 Å². The second-order valence-corrected chi connectivity index (χ2v) is 5.10. The molecule has 0 aliphatic carbocycles. The van der Waals surface area contributed by atoms with Gasteiger partial charge < -0.3 is 15.4 Å². The molecule has 0 aliphatic heterocycles. The zero-order valence-electron chi connectivity index (χ0n) is 11.8. The largest absolute Gasteiger partial charge is 0.482 e. The Morgan fingerprint density at radius 2 is 2.00 bits per heavy atom. The second-order valence-electron chi connectivity index (χ2n) is 4.72. The first-order valence-corrected chi connectivity index (χ1v) is 6.71. The fourth-order valence-corrected chi connectivity index (χ4v) is 2.40. The highest BCUT2D eigenvalue weighted by molar-refractivity contribution is 6.34. The van der Waals surface area contributed by atoms with E-state index in [0.717, 1.165) is 11.3 Å². The molecule has 106 valence electrons. The predicted molar refractivity (Wildman–Crippen MR) is 83.5 cm³/mol. The van der Waals surface area contributed by atoms with E-state index in [1.165, 1.54) is 0 Å². The quantitative estimate of drug-likeness (QED) is 0.936. The molecule has 0 amide bonds. The van der Waals surface area contributed by atoms with Gasteiger partial charge in [-0.05, 0) is 25.1 Å². The lowest BCUT2D eigenvalue weighted by Crippen LogP contribution is -2.12. The number of rotatable bonds is 4. The number of hydrogen-bond acceptors (Lipinski definition) is 4. The Labute approximate surface area is 124 Å². The number of ether oxygens (including phenoxy) is 1. The summed E-state index contributed by atoms with van der Waals surface area (Å²) in [5, 5.41) is 0.687. The smallest absolute Gasteiger partial charge is 0.166 e. The number of nitrogens with zero attached hydrogens (tertiary/aromatic N) is 2. The number of aromatic nitrogens is 1. The van der Waals surface area contributed by atoms with E-state index in [4.69, 9.17) is 22.1 Å². The normalized spacial score (nSPS) is 12.0. The molecule has 4 nitrogen and oxygen atoms in total. The number of pyridine rings is 1. The summed E-state index contributed by atoms with van der Waals surface area (Å²) in [6.07, 6.45) is 1.42. The fourth-order valence-electron chi connectivity index (χ4n) is 1.95. The van der Waals surface area contributed by atoms with Crippen LogP contribution in [-0.2, 0) is 0 Å². The van der Waals surface area contributed by atoms with Crippen molar-refractivity contribution in [2.45, 2.75) is 13.0 Å². The van der Waals surface area contributed by atoms with Crippen molar-refractivity contribution < 1.29 is 4.74 Å². The monoisotopic (exact) mass is 291 g/mol. The average molecular weight is 292 g/mol. The van der Waals surface area contributed by atoms with E-state index in [9.17, 15) is 0 Å². The van der Waals surface area contributed by atoms with Crippen LogP contribution in [0.3, 0.4) is 0 Å². The maximum absolute atomic E-state index is 6.44. The van der Waals surface area contributed by atoms with Crippen molar-refractivity contribution in [1.29, 1.82) is 0 Å². The van der Waals surface area contributed by atoms with E-state index < -0.39 is 0 Å². The lowest BCUT2D eigenvalue weighted by atomic mass is 10.1. The molecule has 1 aromatic carbocycles. The molecule has 5 heteroatoms. The van der Waals surface area contributed by atoms with Crippen molar-refractivity contribution in [3.8, 4) is 5.75 Å². The molecule has 0 spiro atoms. The number of benzene rings is 1. The van der Waals surface area contributed by atoms with Gasteiger partial charge in [0.05, 0.1) is 10.7 Å². The van der Waals surface area contributed by atoms with Gasteiger partial charge in [-0.3, -0.25) is 0 Å². The van der Waals surface area contributed by atoms with Crippen molar-refractivity contribution >= 4 is 23.1 Å². The standard InChI is InChI=1S/C15H18ClN3O/c1-10(20-13-8-5-9-18-15(13)17)11-6-4-7-12(14(11)16)19(2)3/h4-10H,1-3H3,(H2,17,18). The first-order chi connectivity index (χ1) is 9.50. The van der Waals surface area contributed by atoms with Gasteiger partial charge in [-0.2, -0.15) is 0 Å². The van der Waals surface area contributed by atoms with E-state index in [0.29, 0.717) is 16.6 Å². The highest BCUT2D eigenvalue weighted by Gasteiger charge is 2.16. The molecule has 0 saturated carbocycles. The van der Waals surface area contributed by atoms with Gasteiger partial charge in [-0.1, -0.05) is 23.7 Å². The highest BCUT2D eigenvalue weighted by Crippen LogP contribution is 2.34. The van der Waals surface area contributed by atoms with Crippen LogP contribution in [-0.4, -0.2) is 19.1 Å². The summed E-state index contributed by atoms with van der Waals surface area (Å²) in [5.74, 6) is 0.936. The molecule has 2 N–H and O–H groups in total. The fraction of sp³-hybridized carbons (Fsp3) is 0.267. The van der Waals surface area contributed by atoms with Gasteiger partial charge in [-0.15, -0.1) is 0 Å². The van der Waals surface area contributed by atoms with Crippen molar-refractivity contribution in [2.24, 2.45) is 0 Å². The summed E-state index contributed by atoms with van der Waals surface area (Å²) in [4.78, 5) is 5.97. The van der Waals surface area contributed by atoms with Gasteiger partial charge in [0.2, 0.25) is 0 Å². The minimum absolute atomic E-state index is 0.214. The zero-order valence-corrected chi connectivity index (χ0v) is 12.6. The molecule has 0 bridgehead atoms. The first-order valence-electron chi connectivity index (χ1n) is 6.33. The predicted octanol–water partition coefficient (Wildman–Crippen LogP) is 3.52. The number of nitrogen functional groups attached to an aromatic ring is 1. The Kier molecular flexibility index (Phi) is 4.35. The molecular formula is C15H18ClN3O. The summed E-state index contributed by atoms with van der Waals surface area (Å²) >= 11 is 6.44. The molecule has 20 heavy (non-hydrogen) atoms. The van der Waals surface area contributed by atoms with Gasteiger partial charge in [-0.25, -0.2) is 4.98 Å². The topological polar surface area (TPSA) is 51.4 Å². The van der Waals surface area contributed by atoms with Crippen LogP contribution >= 0.6 is 11.6 Å². The van der Waals surface area contributed by atoms with Crippen LogP contribution in [0, 0.1) is 0 Å². The van der Waals surface area contributed by atoms with Crippen LogP contribution in [0.15, 0.2) is 36.5 Å². The minimum atomic E-state index is -0.214. The van der Waals surface area contributed by atoms with Gasteiger partial charge in [0.1, 0.15) is 6.10 Å². The summed E-state index contributed by atoms with van der Waals surface area (Å²) in [5.41, 5.74) is 7.66. The molecule has 0 aliphatic rings. The van der Waals surface area contributed by atoms with E-state index >= 15 is 0 Å². The van der Waals surface area contributed by atoms with E-state index in [2.05, 4.69) is 4.98 Å². The minimum Gasteiger partial charge on any atom is -0.482 e. The molecule has 0 fully saturated rings. The third kappa shape index (κ3) is 2.96. The Balaban J connectivity index is 2.28. The summed E-state index contributed by atoms with van der Waals surface area (Å²) in [7, 11) is 3.91. The first kappa shape index (κ1) is 14.5. The molecule has 1 heterocycles. The summed E-state index contributed by atoms with van der Waals surface area (Å²) < 4.78 is 5.86. The molecule has 2 rings (SSSR count). The number of hydrogen-bond donors (Lipinski definition) is 1. The lowest BCUT2D eigenvalue weighted by Gasteiger charge is -2.21. The molecule has 0 radical (unpaired) electrons. The number of nitrogens with two attached hydrogens (primary N) is 1. The molecule has 1 aromatic heterocycles. The highest BCUT2D eigenvalue weighted by atomic mass is 35.5. The van der Waals surface area contributed by atoms with Crippen LogP contribution in [0.2, 0.25) is 5.02 Å². The van der Waals surface area contributed by atoms with Crippen LogP contribution in [0.25, 0.3) is 0 Å². The maximum Gasteiger partial charge on any atom is 0.166 e. The lowest BCUT2D eigenvalue weighted by molar-refractivity contribution is 0.228. The van der Waals surface area contributed by atoms with Gasteiger partial charge in [0.15, 0.2) is 11.6 Å². The van der Waals surface area contributed by atoms with Crippen LogP contribution in [0.5, 0.6) is 5.75 Å². The maximum atomic E-state index is 6.44. The van der Waals surface area contributed by atoms with Gasteiger partial charge in [0.25, 0.3) is 0 Å². The van der Waals surface area contributed by atoms with Gasteiger partial charge >= 0.3 is 0 Å². The van der Waals surface area contributed by atoms with Gasteiger partial charge in [0, 0.05) is 25.9 Å². The SMILES string of the molecule is CC(Oc1cccnc1N)c1cccc(N(C)C)c1Cl. The van der Waals surface area contributed by atoms with Crippen molar-refractivity contribution in [2.75, 3.05) is 24.7 Å². The van der Waals surface area contributed by atoms with Crippen LogP contribution in [0.1, 0.15) is 18.6 Å². The Bertz CT molecular complexity index is 601. The Morgan fingerprint density at radius 3 is 2.65 bits per heavy atom. The molecular weight excluding hydrogens is 274 g/mol. The second kappa shape index (κ2) is 6.01. The number of halogens is 1. The van der Waals surface area contributed by atoms with Crippen molar-refractivity contribution in [3.63, 3.8) is 0 Å². The third-order valence-corrected chi connectivity index (χ3v) is 3.44.